The zero-order valence-electron chi connectivity index (χ0n) is 21.9. The van der Waals surface area contributed by atoms with E-state index in [0.717, 1.165) is 36.2 Å². The molecule has 1 aromatic rings. The predicted octanol–water partition coefficient (Wildman–Crippen LogP) is 5.08. The molecule has 194 valence electrons. The van der Waals surface area contributed by atoms with Gasteiger partial charge in [0.1, 0.15) is 11.5 Å². The van der Waals surface area contributed by atoms with Crippen molar-refractivity contribution in [1.29, 1.82) is 0 Å². The van der Waals surface area contributed by atoms with E-state index in [1.54, 1.807) is 26.2 Å². The third-order valence-electron chi connectivity index (χ3n) is 5.12. The second kappa shape index (κ2) is 16.1. The molecule has 7 heteroatoms. The van der Waals surface area contributed by atoms with Crippen molar-refractivity contribution in [3.63, 3.8) is 0 Å². The summed E-state index contributed by atoms with van der Waals surface area (Å²) in [7, 11) is 2.92. The Morgan fingerprint density at radius 1 is 1.03 bits per heavy atom. The number of benzene rings is 1. The molecule has 0 atom stereocenters. The summed E-state index contributed by atoms with van der Waals surface area (Å²) in [5, 5.41) is 3.29. The van der Waals surface area contributed by atoms with Crippen molar-refractivity contribution in [3.05, 3.63) is 84.3 Å². The van der Waals surface area contributed by atoms with Gasteiger partial charge in [0.2, 0.25) is 0 Å². The van der Waals surface area contributed by atoms with Crippen LogP contribution in [-0.2, 0) is 27.2 Å². The second-order valence-electron chi connectivity index (χ2n) is 8.12. The molecule has 1 aromatic carbocycles. The molecule has 0 aromatic heterocycles. The first-order valence-electron chi connectivity index (χ1n) is 11.7. The number of aliphatic imine (C=N–C) groups is 1. The van der Waals surface area contributed by atoms with Gasteiger partial charge in [-0.25, -0.2) is 0 Å². The molecule has 36 heavy (non-hydrogen) atoms. The average molecular weight is 495 g/mol. The Balaban J connectivity index is 2.88. The van der Waals surface area contributed by atoms with Gasteiger partial charge < -0.3 is 19.5 Å². The van der Waals surface area contributed by atoms with Crippen molar-refractivity contribution >= 4 is 18.0 Å². The number of carbonyl (C=O) groups is 2. The number of ketones is 1. The number of Topliss-reactive ketones (excluding diaryl/α,β-unsaturated/α-hetero) is 1. The van der Waals surface area contributed by atoms with E-state index >= 15 is 0 Å². The van der Waals surface area contributed by atoms with E-state index in [9.17, 15) is 9.59 Å². The molecule has 0 amide bonds. The van der Waals surface area contributed by atoms with Crippen molar-refractivity contribution in [2.75, 3.05) is 27.3 Å². The summed E-state index contributed by atoms with van der Waals surface area (Å²) in [5.41, 5.74) is 3.66. The number of nitrogens with one attached hydrogen (secondary N) is 1. The fourth-order valence-corrected chi connectivity index (χ4v) is 3.11. The monoisotopic (exact) mass is 494 g/mol. The summed E-state index contributed by atoms with van der Waals surface area (Å²) in [6.45, 7) is 20.9. The lowest BCUT2D eigenvalue weighted by molar-refractivity contribution is -0.140. The molecular formula is C29H38N2O5. The van der Waals surface area contributed by atoms with Gasteiger partial charge in [-0.15, -0.1) is 0 Å². The van der Waals surface area contributed by atoms with Crippen LogP contribution < -0.4 is 14.8 Å². The van der Waals surface area contributed by atoms with Crippen LogP contribution in [0.15, 0.2) is 78.2 Å². The topological polar surface area (TPSA) is 86.2 Å². The normalized spacial score (nSPS) is 10.9. The molecular weight excluding hydrogens is 456 g/mol. The van der Waals surface area contributed by atoms with E-state index in [-0.39, 0.29) is 23.9 Å². The van der Waals surface area contributed by atoms with E-state index in [4.69, 9.17) is 9.47 Å². The Morgan fingerprint density at radius 3 is 2.33 bits per heavy atom. The average Bonchev–Trinajstić information content (AvgIpc) is 2.85. The van der Waals surface area contributed by atoms with Crippen molar-refractivity contribution in [2.45, 2.75) is 39.5 Å². The lowest BCUT2D eigenvalue weighted by atomic mass is 9.99. The van der Waals surface area contributed by atoms with Gasteiger partial charge in [-0.2, -0.15) is 0 Å². The molecule has 1 N–H and O–H groups in total. The van der Waals surface area contributed by atoms with Crippen LogP contribution in [0, 0.1) is 0 Å². The number of hydrogen-bond acceptors (Lipinski definition) is 7. The van der Waals surface area contributed by atoms with Crippen LogP contribution in [0.5, 0.6) is 11.5 Å². The number of nitrogens with zero attached hydrogens (tertiary/aromatic N) is 1. The number of esters is 1. The fourth-order valence-electron chi connectivity index (χ4n) is 3.11. The lowest BCUT2D eigenvalue weighted by Crippen LogP contribution is -2.17. The highest BCUT2D eigenvalue weighted by molar-refractivity contribution is 5.79. The number of methoxy groups -OCH3 is 2. The first-order valence-corrected chi connectivity index (χ1v) is 11.7. The quantitative estimate of drug-likeness (QED) is 0.107. The van der Waals surface area contributed by atoms with Gasteiger partial charge in [0, 0.05) is 12.8 Å². The summed E-state index contributed by atoms with van der Waals surface area (Å²) < 4.78 is 16.0. The second-order valence-corrected chi connectivity index (χ2v) is 8.12. The first kappa shape index (κ1) is 30.3. The number of likely N-dealkylation sites (N-methyl/N-ethyl adjacent to an activating group) is 1. The van der Waals surface area contributed by atoms with Crippen LogP contribution in [0.3, 0.4) is 0 Å². The summed E-state index contributed by atoms with van der Waals surface area (Å²) in [6.07, 6.45) is 6.74. The SMILES string of the molecule is C=C(/C=C\C(=C)C(=C)N=CC(=C)Oc1cc(CC(C)=O)c(CCNCC)cc1OC)CCC(=O)OC. The summed E-state index contributed by atoms with van der Waals surface area (Å²) in [6, 6.07) is 3.71. The molecule has 0 bridgehead atoms. The third-order valence-corrected chi connectivity index (χ3v) is 5.12. The highest BCUT2D eigenvalue weighted by atomic mass is 16.5. The Morgan fingerprint density at radius 2 is 1.72 bits per heavy atom. The largest absolute Gasteiger partial charge is 0.493 e. The Bertz CT molecular complexity index is 1050. The van der Waals surface area contributed by atoms with E-state index in [2.05, 4.69) is 41.4 Å². The number of hydrogen-bond donors (Lipinski definition) is 1. The maximum absolute atomic E-state index is 11.8. The highest BCUT2D eigenvalue weighted by Crippen LogP contribution is 2.32. The Labute approximate surface area is 214 Å². The summed E-state index contributed by atoms with van der Waals surface area (Å²) >= 11 is 0. The van der Waals surface area contributed by atoms with Gasteiger partial charge in [-0.1, -0.05) is 51.0 Å². The molecule has 0 aliphatic rings. The number of allylic oxidation sites excluding steroid dienone is 4. The van der Waals surface area contributed by atoms with Gasteiger partial charge in [0.15, 0.2) is 11.5 Å². The van der Waals surface area contributed by atoms with E-state index in [1.165, 1.54) is 13.3 Å². The van der Waals surface area contributed by atoms with Gasteiger partial charge in [0.25, 0.3) is 0 Å². The zero-order chi connectivity index (χ0) is 27.1. The van der Waals surface area contributed by atoms with Crippen molar-refractivity contribution < 1.29 is 23.8 Å². The summed E-state index contributed by atoms with van der Waals surface area (Å²) in [5.74, 6) is 1.03. The standard InChI is InChI=1S/C29H38N2O5/c1-9-30-15-14-25-17-27(34-7)28(18-26(25)16-22(4)32)36-23(5)19-31-24(6)21(3)12-10-20(2)11-13-29(33)35-8/h10,12,17-19,30H,2-3,5-6,9,11,13-16H2,1,4,7-8H3/b12-10-,31-19?. The molecule has 0 radical (unpaired) electrons. The van der Waals surface area contributed by atoms with Gasteiger partial charge in [0.05, 0.1) is 26.1 Å². The van der Waals surface area contributed by atoms with Crippen LogP contribution >= 0.6 is 0 Å². The molecule has 0 saturated carbocycles. The first-order chi connectivity index (χ1) is 17.1. The summed E-state index contributed by atoms with van der Waals surface area (Å²) in [4.78, 5) is 27.3. The molecule has 7 nitrogen and oxygen atoms in total. The van der Waals surface area contributed by atoms with Crippen molar-refractivity contribution in [1.82, 2.24) is 5.32 Å². The van der Waals surface area contributed by atoms with E-state index < -0.39 is 0 Å². The molecule has 0 aliphatic carbocycles. The van der Waals surface area contributed by atoms with Gasteiger partial charge in [-0.05, 0) is 61.7 Å². The molecule has 0 heterocycles. The minimum absolute atomic E-state index is 0.0621. The lowest BCUT2D eigenvalue weighted by Gasteiger charge is -2.16. The molecule has 1 rings (SSSR count). The third kappa shape index (κ3) is 11.1. The van der Waals surface area contributed by atoms with Crippen LogP contribution in [0.2, 0.25) is 0 Å². The van der Waals surface area contributed by atoms with Crippen molar-refractivity contribution in [2.24, 2.45) is 4.99 Å². The van der Waals surface area contributed by atoms with Gasteiger partial charge in [-0.3, -0.25) is 14.6 Å². The maximum Gasteiger partial charge on any atom is 0.305 e. The molecule has 0 spiro atoms. The smallest absolute Gasteiger partial charge is 0.305 e. The van der Waals surface area contributed by atoms with Crippen LogP contribution in [0.4, 0.5) is 0 Å². The molecule has 0 unspecified atom stereocenters. The number of rotatable bonds is 17. The van der Waals surface area contributed by atoms with Crippen molar-refractivity contribution in [3.8, 4) is 11.5 Å². The van der Waals surface area contributed by atoms with E-state index in [0.29, 0.717) is 35.6 Å². The Hall–Kier alpha value is -3.71. The minimum Gasteiger partial charge on any atom is -0.493 e. The Kier molecular flexibility index (Phi) is 13.5. The highest BCUT2D eigenvalue weighted by Gasteiger charge is 2.14. The minimum atomic E-state index is -0.288. The van der Waals surface area contributed by atoms with Crippen LogP contribution in [0.25, 0.3) is 0 Å². The number of carbonyl (C=O) groups excluding carboxylic acids is 2. The fraction of sp³-hybridized carbons (Fsp3) is 0.345. The van der Waals surface area contributed by atoms with Crippen LogP contribution in [-0.4, -0.2) is 45.3 Å². The van der Waals surface area contributed by atoms with E-state index in [1.807, 2.05) is 19.1 Å². The zero-order valence-corrected chi connectivity index (χ0v) is 21.9. The molecule has 0 aliphatic heterocycles. The van der Waals surface area contributed by atoms with Gasteiger partial charge >= 0.3 is 5.97 Å². The van der Waals surface area contributed by atoms with Crippen LogP contribution in [0.1, 0.15) is 37.8 Å². The number of ether oxygens (including phenoxy) is 3. The predicted molar refractivity (Wildman–Crippen MR) is 146 cm³/mol. The molecule has 0 fully saturated rings. The maximum atomic E-state index is 11.8. The molecule has 0 saturated heterocycles.